The first-order chi connectivity index (χ1) is 9.11. The lowest BCUT2D eigenvalue weighted by molar-refractivity contribution is 0.618. The second kappa shape index (κ2) is 5.69. The molecule has 0 saturated heterocycles. The van der Waals surface area contributed by atoms with Gasteiger partial charge in [-0.3, -0.25) is 4.98 Å². The van der Waals surface area contributed by atoms with Crippen LogP contribution in [0.5, 0.6) is 0 Å². The second-order valence-electron chi connectivity index (χ2n) is 4.50. The minimum absolute atomic E-state index is 0.268. The van der Waals surface area contributed by atoms with Crippen molar-refractivity contribution in [3.8, 4) is 0 Å². The highest BCUT2D eigenvalue weighted by molar-refractivity contribution is 5.68. The fourth-order valence-corrected chi connectivity index (χ4v) is 2.01. The standard InChI is InChI=1S/C15H18FN3/c1-3-19(10-12-6-4-5-7-18-12)15-8-11(2)13(16)9-14(15)17/h4-9H,3,10,17H2,1-2H3. The summed E-state index contributed by atoms with van der Waals surface area (Å²) in [5, 5.41) is 0. The van der Waals surface area contributed by atoms with E-state index in [1.165, 1.54) is 6.07 Å². The summed E-state index contributed by atoms with van der Waals surface area (Å²) in [4.78, 5) is 6.39. The zero-order chi connectivity index (χ0) is 13.8. The molecule has 4 heteroatoms. The van der Waals surface area contributed by atoms with Crippen LogP contribution in [-0.2, 0) is 6.54 Å². The molecule has 0 saturated carbocycles. The molecule has 0 fully saturated rings. The topological polar surface area (TPSA) is 42.2 Å². The smallest absolute Gasteiger partial charge is 0.128 e. The van der Waals surface area contributed by atoms with E-state index in [1.807, 2.05) is 25.1 Å². The molecule has 2 aromatic rings. The minimum atomic E-state index is -0.268. The Balaban J connectivity index is 2.30. The fourth-order valence-electron chi connectivity index (χ4n) is 2.01. The predicted molar refractivity (Wildman–Crippen MR) is 76.5 cm³/mol. The quantitative estimate of drug-likeness (QED) is 0.858. The lowest BCUT2D eigenvalue weighted by atomic mass is 10.1. The Morgan fingerprint density at radius 3 is 2.74 bits per heavy atom. The number of halogens is 1. The Hall–Kier alpha value is -2.10. The predicted octanol–water partition coefficient (Wildman–Crippen LogP) is 3.14. The highest BCUT2D eigenvalue weighted by Gasteiger charge is 2.12. The molecule has 0 atom stereocenters. The molecule has 0 aliphatic rings. The molecule has 1 aromatic carbocycles. The van der Waals surface area contributed by atoms with Crippen molar-refractivity contribution in [1.82, 2.24) is 4.98 Å². The van der Waals surface area contributed by atoms with Crippen molar-refractivity contribution in [2.45, 2.75) is 20.4 Å². The maximum Gasteiger partial charge on any atom is 0.128 e. The third-order valence-electron chi connectivity index (χ3n) is 3.11. The zero-order valence-corrected chi connectivity index (χ0v) is 11.2. The Labute approximate surface area is 112 Å². The van der Waals surface area contributed by atoms with Gasteiger partial charge in [-0.05, 0) is 43.7 Å². The van der Waals surface area contributed by atoms with Crippen LogP contribution in [0.3, 0.4) is 0 Å². The number of benzene rings is 1. The number of rotatable bonds is 4. The summed E-state index contributed by atoms with van der Waals surface area (Å²) in [6.07, 6.45) is 1.77. The van der Waals surface area contributed by atoms with Gasteiger partial charge in [-0.15, -0.1) is 0 Å². The third kappa shape index (κ3) is 3.02. The van der Waals surface area contributed by atoms with E-state index in [1.54, 1.807) is 19.2 Å². The molecule has 0 amide bonds. The number of hydrogen-bond donors (Lipinski definition) is 1. The fraction of sp³-hybridized carbons (Fsp3) is 0.267. The van der Waals surface area contributed by atoms with Crippen LogP contribution in [0.25, 0.3) is 0 Å². The van der Waals surface area contributed by atoms with Gasteiger partial charge in [0.2, 0.25) is 0 Å². The zero-order valence-electron chi connectivity index (χ0n) is 11.2. The van der Waals surface area contributed by atoms with Gasteiger partial charge in [-0.1, -0.05) is 6.07 Å². The summed E-state index contributed by atoms with van der Waals surface area (Å²) in [5.41, 5.74) is 8.80. The summed E-state index contributed by atoms with van der Waals surface area (Å²) < 4.78 is 13.4. The molecule has 19 heavy (non-hydrogen) atoms. The van der Waals surface area contributed by atoms with E-state index in [0.29, 0.717) is 17.8 Å². The summed E-state index contributed by atoms with van der Waals surface area (Å²) in [5.74, 6) is -0.268. The van der Waals surface area contributed by atoms with Gasteiger partial charge in [0, 0.05) is 12.7 Å². The van der Waals surface area contributed by atoms with E-state index in [9.17, 15) is 4.39 Å². The van der Waals surface area contributed by atoms with Crippen molar-refractivity contribution < 1.29 is 4.39 Å². The summed E-state index contributed by atoms with van der Waals surface area (Å²) in [6, 6.07) is 8.98. The van der Waals surface area contributed by atoms with E-state index < -0.39 is 0 Å². The summed E-state index contributed by atoms with van der Waals surface area (Å²) >= 11 is 0. The average Bonchev–Trinajstić information content (AvgIpc) is 2.42. The molecular formula is C15H18FN3. The molecule has 2 rings (SSSR count). The van der Waals surface area contributed by atoms with Crippen LogP contribution in [-0.4, -0.2) is 11.5 Å². The Morgan fingerprint density at radius 2 is 2.11 bits per heavy atom. The number of anilines is 2. The molecule has 0 radical (unpaired) electrons. The molecule has 2 N–H and O–H groups in total. The monoisotopic (exact) mass is 259 g/mol. The van der Waals surface area contributed by atoms with Crippen molar-refractivity contribution in [2.75, 3.05) is 17.2 Å². The molecule has 1 heterocycles. The highest BCUT2D eigenvalue weighted by atomic mass is 19.1. The maximum atomic E-state index is 13.4. The Morgan fingerprint density at radius 1 is 1.32 bits per heavy atom. The van der Waals surface area contributed by atoms with Gasteiger partial charge in [-0.2, -0.15) is 0 Å². The highest BCUT2D eigenvalue weighted by Crippen LogP contribution is 2.27. The van der Waals surface area contributed by atoms with E-state index >= 15 is 0 Å². The number of nitrogens with two attached hydrogens (primary N) is 1. The van der Waals surface area contributed by atoms with E-state index in [0.717, 1.165) is 17.9 Å². The number of aromatic nitrogens is 1. The van der Waals surface area contributed by atoms with Crippen molar-refractivity contribution in [3.63, 3.8) is 0 Å². The lowest BCUT2D eigenvalue weighted by Gasteiger charge is -2.24. The Kier molecular flexibility index (Phi) is 4.00. The molecule has 1 aromatic heterocycles. The number of nitrogens with zero attached hydrogens (tertiary/aromatic N) is 2. The van der Waals surface area contributed by atoms with Gasteiger partial charge in [0.05, 0.1) is 23.6 Å². The van der Waals surface area contributed by atoms with Crippen LogP contribution >= 0.6 is 0 Å². The van der Waals surface area contributed by atoms with Crippen LogP contribution < -0.4 is 10.6 Å². The molecule has 100 valence electrons. The lowest BCUT2D eigenvalue weighted by Crippen LogP contribution is -2.23. The number of aryl methyl sites for hydroxylation is 1. The summed E-state index contributed by atoms with van der Waals surface area (Å²) in [7, 11) is 0. The van der Waals surface area contributed by atoms with Crippen LogP contribution in [0, 0.1) is 12.7 Å². The largest absolute Gasteiger partial charge is 0.397 e. The van der Waals surface area contributed by atoms with Crippen LogP contribution in [0.2, 0.25) is 0 Å². The molecular weight excluding hydrogens is 241 g/mol. The molecule has 0 spiro atoms. The van der Waals surface area contributed by atoms with Crippen molar-refractivity contribution in [1.29, 1.82) is 0 Å². The first-order valence-corrected chi connectivity index (χ1v) is 6.32. The molecule has 3 nitrogen and oxygen atoms in total. The summed E-state index contributed by atoms with van der Waals surface area (Å²) in [6.45, 7) is 5.23. The van der Waals surface area contributed by atoms with Gasteiger partial charge in [0.25, 0.3) is 0 Å². The third-order valence-corrected chi connectivity index (χ3v) is 3.11. The molecule has 0 aliphatic heterocycles. The van der Waals surface area contributed by atoms with Crippen LogP contribution in [0.15, 0.2) is 36.5 Å². The van der Waals surface area contributed by atoms with Gasteiger partial charge in [0.15, 0.2) is 0 Å². The van der Waals surface area contributed by atoms with Crippen molar-refractivity contribution in [3.05, 3.63) is 53.6 Å². The number of hydrogen-bond acceptors (Lipinski definition) is 3. The van der Waals surface area contributed by atoms with E-state index in [-0.39, 0.29) is 5.82 Å². The van der Waals surface area contributed by atoms with Gasteiger partial charge >= 0.3 is 0 Å². The molecule has 0 aliphatic carbocycles. The average molecular weight is 259 g/mol. The molecule has 0 unspecified atom stereocenters. The first-order valence-electron chi connectivity index (χ1n) is 6.32. The van der Waals surface area contributed by atoms with Crippen LogP contribution in [0.1, 0.15) is 18.2 Å². The van der Waals surface area contributed by atoms with Gasteiger partial charge < -0.3 is 10.6 Å². The number of nitrogen functional groups attached to an aromatic ring is 1. The van der Waals surface area contributed by atoms with Gasteiger partial charge in [0.1, 0.15) is 5.82 Å². The SMILES string of the molecule is CCN(Cc1ccccn1)c1cc(C)c(F)cc1N. The minimum Gasteiger partial charge on any atom is -0.397 e. The number of pyridine rings is 1. The van der Waals surface area contributed by atoms with Crippen molar-refractivity contribution in [2.24, 2.45) is 0 Å². The van der Waals surface area contributed by atoms with E-state index in [4.69, 9.17) is 5.73 Å². The first kappa shape index (κ1) is 13.3. The second-order valence-corrected chi connectivity index (χ2v) is 4.50. The van der Waals surface area contributed by atoms with E-state index in [2.05, 4.69) is 9.88 Å². The van der Waals surface area contributed by atoms with Gasteiger partial charge in [-0.25, -0.2) is 4.39 Å². The van der Waals surface area contributed by atoms with Crippen LogP contribution in [0.4, 0.5) is 15.8 Å². The normalized spacial score (nSPS) is 10.5. The molecule has 0 bridgehead atoms. The Bertz CT molecular complexity index is 555. The maximum absolute atomic E-state index is 13.4. The van der Waals surface area contributed by atoms with Crippen molar-refractivity contribution >= 4 is 11.4 Å².